The van der Waals surface area contributed by atoms with E-state index in [-0.39, 0.29) is 27.9 Å². The minimum Gasteiger partial charge on any atom is -0.481 e. The lowest BCUT2D eigenvalue weighted by Crippen LogP contribution is -2.36. The van der Waals surface area contributed by atoms with Crippen molar-refractivity contribution in [3.8, 4) is 0 Å². The molecule has 2 heterocycles. The summed E-state index contributed by atoms with van der Waals surface area (Å²) in [5.41, 5.74) is 2.63. The molecule has 0 bridgehead atoms. The Hall–Kier alpha value is -3.59. The van der Waals surface area contributed by atoms with E-state index in [1.165, 1.54) is 4.90 Å². The first kappa shape index (κ1) is 29.0. The number of benzene rings is 2. The number of rotatable bonds is 6. The molecule has 2 aliphatic heterocycles. The molecule has 1 saturated heterocycles. The van der Waals surface area contributed by atoms with E-state index in [4.69, 9.17) is 26.7 Å². The van der Waals surface area contributed by atoms with Crippen molar-refractivity contribution >= 4 is 79.1 Å². The molecule has 38 heavy (non-hydrogen) atoms. The summed E-state index contributed by atoms with van der Waals surface area (Å²) in [7, 11) is -4.30. The summed E-state index contributed by atoms with van der Waals surface area (Å²) in [6, 6.07) is 14.0. The van der Waals surface area contributed by atoms with E-state index >= 15 is 0 Å². The second-order valence-electron chi connectivity index (χ2n) is 8.16. The molecule has 14 heteroatoms. The number of thioether (sulfide) groups is 1. The Kier molecular flexibility index (Phi) is 9.04. The van der Waals surface area contributed by atoms with Gasteiger partial charge in [-0.2, -0.15) is 8.42 Å². The number of aliphatic carboxylic acids is 1. The Bertz CT molecular complexity index is 1470. The normalized spacial score (nSPS) is 16.8. The van der Waals surface area contributed by atoms with Crippen LogP contribution < -0.4 is 10.2 Å². The lowest BCUT2D eigenvalue weighted by Gasteiger charge is -2.17. The number of carboxylic acids is 1. The van der Waals surface area contributed by atoms with Gasteiger partial charge in [0.2, 0.25) is 5.91 Å². The highest BCUT2D eigenvalue weighted by Gasteiger charge is 2.42. The molecule has 4 rings (SSSR count). The number of carbonyl (C=O) groups excluding carboxylic acids is 3. The number of amides is 3. The molecule has 2 aliphatic rings. The largest absolute Gasteiger partial charge is 0.481 e. The summed E-state index contributed by atoms with van der Waals surface area (Å²) in [4.78, 5) is 50.5. The highest BCUT2D eigenvalue weighted by molar-refractivity contribution is 8.26. The molecule has 1 fully saturated rings. The van der Waals surface area contributed by atoms with Crippen LogP contribution in [0.15, 0.2) is 53.4 Å². The highest BCUT2D eigenvalue weighted by Crippen LogP contribution is 2.44. The van der Waals surface area contributed by atoms with Crippen LogP contribution in [0.25, 0.3) is 5.57 Å². The van der Waals surface area contributed by atoms with Gasteiger partial charge in [-0.15, -0.1) is 0 Å². The third-order valence-corrected chi connectivity index (χ3v) is 7.32. The first-order valence-corrected chi connectivity index (χ1v) is 13.8. The fourth-order valence-corrected chi connectivity index (χ4v) is 5.47. The van der Waals surface area contributed by atoms with Gasteiger partial charge in [0, 0.05) is 24.7 Å². The second-order valence-corrected chi connectivity index (χ2v) is 11.4. The van der Waals surface area contributed by atoms with Crippen LogP contribution >= 0.6 is 24.0 Å². The van der Waals surface area contributed by atoms with Gasteiger partial charge in [-0.05, 0) is 30.7 Å². The maximum atomic E-state index is 13.4. The van der Waals surface area contributed by atoms with E-state index in [9.17, 15) is 22.8 Å². The molecule has 0 radical (unpaired) electrons. The van der Waals surface area contributed by atoms with Crippen LogP contribution in [0.3, 0.4) is 0 Å². The molecule has 0 spiro atoms. The summed E-state index contributed by atoms with van der Waals surface area (Å²) in [6.07, 6.45) is 0. The van der Waals surface area contributed by atoms with Crippen molar-refractivity contribution < 1.29 is 37.3 Å². The molecule has 0 unspecified atom stereocenters. The average Bonchev–Trinajstić information content (AvgIpc) is 3.23. The van der Waals surface area contributed by atoms with Gasteiger partial charge in [0.25, 0.3) is 27.9 Å². The van der Waals surface area contributed by atoms with Gasteiger partial charge < -0.3 is 10.4 Å². The highest BCUT2D eigenvalue weighted by atomic mass is 32.2. The summed E-state index contributed by atoms with van der Waals surface area (Å²) >= 11 is 6.09. The molecule has 0 saturated carbocycles. The number of nitrogens with zero attached hydrogens (tertiary/aromatic N) is 2. The molecular weight excluding hydrogens is 554 g/mol. The number of anilines is 2. The van der Waals surface area contributed by atoms with Crippen molar-refractivity contribution in [3.63, 3.8) is 0 Å². The van der Waals surface area contributed by atoms with Gasteiger partial charge in [-0.25, -0.2) is 0 Å². The van der Waals surface area contributed by atoms with E-state index in [0.717, 1.165) is 29.1 Å². The summed E-state index contributed by atoms with van der Waals surface area (Å²) in [5, 5.41) is 10.2. The number of hydrogen-bond donors (Lipinski definition) is 3. The van der Waals surface area contributed by atoms with Crippen molar-refractivity contribution in [1.82, 2.24) is 4.90 Å². The van der Waals surface area contributed by atoms with Gasteiger partial charge in [0.1, 0.15) is 10.9 Å². The van der Waals surface area contributed by atoms with Gasteiger partial charge in [-0.3, -0.25) is 33.5 Å². The third kappa shape index (κ3) is 7.04. The molecule has 2 aromatic carbocycles. The molecule has 200 valence electrons. The zero-order valence-corrected chi connectivity index (χ0v) is 22.7. The van der Waals surface area contributed by atoms with Gasteiger partial charge in [0.15, 0.2) is 0 Å². The number of para-hydroxylation sites is 1. The second kappa shape index (κ2) is 11.9. The zero-order valence-electron chi connectivity index (χ0n) is 20.2. The number of hydrogen-bond acceptors (Lipinski definition) is 8. The Morgan fingerprint density at radius 2 is 1.71 bits per heavy atom. The van der Waals surface area contributed by atoms with Crippen molar-refractivity contribution in [2.45, 2.75) is 13.8 Å². The third-order valence-electron chi connectivity index (χ3n) is 5.18. The molecule has 0 atom stereocenters. The molecule has 3 amide bonds. The first-order valence-electron chi connectivity index (χ1n) is 11.0. The van der Waals surface area contributed by atoms with Crippen LogP contribution in [0.1, 0.15) is 18.1 Å². The van der Waals surface area contributed by atoms with Crippen LogP contribution in [-0.2, 0) is 29.3 Å². The summed E-state index contributed by atoms with van der Waals surface area (Å²) < 4.78 is 31.3. The maximum absolute atomic E-state index is 13.4. The van der Waals surface area contributed by atoms with Crippen LogP contribution in [-0.4, -0.2) is 69.8 Å². The fraction of sp³-hybridized carbons (Fsp3) is 0.208. The minimum atomic E-state index is -4.30. The van der Waals surface area contributed by atoms with Gasteiger partial charge in [-0.1, -0.05) is 54.3 Å². The van der Waals surface area contributed by atoms with E-state index in [1.807, 2.05) is 19.1 Å². The van der Waals surface area contributed by atoms with Crippen molar-refractivity contribution in [1.29, 1.82) is 0 Å². The minimum absolute atomic E-state index is 0.0550. The first-order chi connectivity index (χ1) is 17.8. The summed E-state index contributed by atoms with van der Waals surface area (Å²) in [6.45, 7) is 2.38. The van der Waals surface area contributed by atoms with Crippen LogP contribution in [0.2, 0.25) is 0 Å². The molecule has 2 aromatic rings. The van der Waals surface area contributed by atoms with E-state index in [0.29, 0.717) is 16.9 Å². The van der Waals surface area contributed by atoms with Crippen LogP contribution in [0.5, 0.6) is 0 Å². The number of nitrogens with one attached hydrogen (secondary N) is 1. The quantitative estimate of drug-likeness (QED) is 0.264. The molecule has 3 N–H and O–H groups in total. The Balaban J connectivity index is 0.000000934. The Morgan fingerprint density at radius 3 is 2.34 bits per heavy atom. The number of fused-ring (bicyclic) bond motifs is 1. The van der Waals surface area contributed by atoms with E-state index in [2.05, 4.69) is 5.32 Å². The van der Waals surface area contributed by atoms with Crippen molar-refractivity contribution in [2.24, 2.45) is 0 Å². The van der Waals surface area contributed by atoms with Crippen molar-refractivity contribution in [2.75, 3.05) is 29.1 Å². The SMILES string of the molecule is CC(=O)O.Cc1cccc(NC(=O)CN2C(=O)/C(=C3/SC(=S)N(CCS(=O)(=O)O)C3=O)c3ccccc32)c1. The number of thiocarbonyl (C=S) groups is 1. The smallest absolute Gasteiger partial charge is 0.300 e. The number of aryl methyl sites for hydroxylation is 1. The van der Waals surface area contributed by atoms with Gasteiger partial charge >= 0.3 is 0 Å². The van der Waals surface area contributed by atoms with Gasteiger partial charge in [0.05, 0.1) is 21.9 Å². The van der Waals surface area contributed by atoms with Crippen LogP contribution in [0.4, 0.5) is 11.4 Å². The standard InChI is InChI=1S/C22H19N3O6S3.C2H4O2/c1-13-5-4-6-14(11-13)23-17(26)12-25-16-8-3-2-7-15(16)18(20(25)27)19-21(28)24(22(32)33-19)9-10-34(29,30)31;1-2(3)4/h2-8,11H,9-10,12H2,1H3,(H,23,26)(H,29,30,31);1H3,(H,3,4)/b19-18+;. The zero-order chi connectivity index (χ0) is 28.2. The Morgan fingerprint density at radius 1 is 1.05 bits per heavy atom. The predicted octanol–water partition coefficient (Wildman–Crippen LogP) is 2.53. The average molecular weight is 578 g/mol. The lowest BCUT2D eigenvalue weighted by molar-refractivity contribution is -0.134. The molecule has 11 nitrogen and oxygen atoms in total. The van der Waals surface area contributed by atoms with E-state index < -0.39 is 39.6 Å². The molecular formula is C24H23N3O8S3. The monoisotopic (exact) mass is 577 g/mol. The summed E-state index contributed by atoms with van der Waals surface area (Å²) in [5.74, 6) is -3.08. The van der Waals surface area contributed by atoms with E-state index in [1.54, 1.807) is 36.4 Å². The Labute approximate surface area is 228 Å². The topological polar surface area (TPSA) is 161 Å². The predicted molar refractivity (Wildman–Crippen MR) is 147 cm³/mol. The van der Waals surface area contributed by atoms with Crippen molar-refractivity contribution in [3.05, 3.63) is 64.6 Å². The fourth-order valence-electron chi connectivity index (χ4n) is 3.67. The maximum Gasteiger partial charge on any atom is 0.300 e. The number of carbonyl (C=O) groups is 4. The molecule has 0 aromatic heterocycles. The van der Waals surface area contributed by atoms with Crippen LogP contribution in [0, 0.1) is 6.92 Å². The number of carboxylic acid groups (broad SMARTS) is 1. The lowest BCUT2D eigenvalue weighted by atomic mass is 10.1. The molecule has 0 aliphatic carbocycles.